The van der Waals surface area contributed by atoms with Crippen LogP contribution >= 0.6 is 11.8 Å². The van der Waals surface area contributed by atoms with Crippen molar-refractivity contribution in [2.45, 2.75) is 37.1 Å². The number of ether oxygens (including phenoxy) is 1. The fourth-order valence-electron chi connectivity index (χ4n) is 2.39. The number of hydrogen-bond donors (Lipinski definition) is 1. The Bertz CT molecular complexity index is 363. The van der Waals surface area contributed by atoms with Crippen molar-refractivity contribution in [3.05, 3.63) is 29.8 Å². The molecular formula is C15H23NOS. The Morgan fingerprint density at radius 1 is 1.39 bits per heavy atom. The average molecular weight is 265 g/mol. The Kier molecular flexibility index (Phi) is 5.54. The molecule has 1 atom stereocenters. The molecular weight excluding hydrogens is 242 g/mol. The quantitative estimate of drug-likeness (QED) is 0.830. The van der Waals surface area contributed by atoms with Gasteiger partial charge in [-0.3, -0.25) is 0 Å². The van der Waals surface area contributed by atoms with E-state index < -0.39 is 0 Å². The molecule has 0 aliphatic carbocycles. The highest BCUT2D eigenvalue weighted by Crippen LogP contribution is 2.24. The molecule has 1 aliphatic rings. The third-order valence-corrected chi connectivity index (χ3v) is 4.61. The molecule has 1 unspecified atom stereocenters. The molecule has 0 saturated carbocycles. The number of benzene rings is 1. The predicted octanol–water partition coefficient (Wildman–Crippen LogP) is 3.23. The molecule has 1 aromatic carbocycles. The molecule has 0 spiro atoms. The third kappa shape index (κ3) is 4.63. The lowest BCUT2D eigenvalue weighted by Crippen LogP contribution is -2.28. The molecule has 2 N–H and O–H groups in total. The van der Waals surface area contributed by atoms with Crippen LogP contribution in [0.2, 0.25) is 0 Å². The van der Waals surface area contributed by atoms with Crippen molar-refractivity contribution in [2.75, 3.05) is 19.0 Å². The van der Waals surface area contributed by atoms with Crippen molar-refractivity contribution in [3.8, 4) is 0 Å². The van der Waals surface area contributed by atoms with E-state index in [1.165, 1.54) is 23.3 Å². The molecule has 1 aromatic rings. The highest BCUT2D eigenvalue weighted by atomic mass is 32.2. The number of rotatable bonds is 5. The molecule has 0 amide bonds. The van der Waals surface area contributed by atoms with Gasteiger partial charge in [-0.1, -0.05) is 17.7 Å². The first-order valence-corrected chi connectivity index (χ1v) is 7.75. The summed E-state index contributed by atoms with van der Waals surface area (Å²) in [5, 5.41) is 0. The van der Waals surface area contributed by atoms with Gasteiger partial charge in [-0.2, -0.15) is 0 Å². The van der Waals surface area contributed by atoms with Crippen LogP contribution in [0.1, 0.15) is 24.8 Å². The molecule has 0 radical (unpaired) electrons. The minimum atomic E-state index is 0.304. The van der Waals surface area contributed by atoms with Crippen LogP contribution in [-0.2, 0) is 4.74 Å². The van der Waals surface area contributed by atoms with E-state index in [2.05, 4.69) is 31.2 Å². The Labute approximate surface area is 114 Å². The monoisotopic (exact) mass is 265 g/mol. The van der Waals surface area contributed by atoms with Gasteiger partial charge in [0.25, 0.3) is 0 Å². The first-order chi connectivity index (χ1) is 8.74. The molecule has 0 bridgehead atoms. The van der Waals surface area contributed by atoms with Gasteiger partial charge in [0.1, 0.15) is 0 Å². The van der Waals surface area contributed by atoms with Gasteiger partial charge >= 0.3 is 0 Å². The Hall–Kier alpha value is -0.510. The fourth-order valence-corrected chi connectivity index (χ4v) is 3.37. The number of nitrogens with two attached hydrogens (primary N) is 1. The minimum Gasteiger partial charge on any atom is -0.381 e. The molecule has 2 rings (SSSR count). The Morgan fingerprint density at radius 2 is 2.17 bits per heavy atom. The maximum absolute atomic E-state index is 6.23. The zero-order valence-corrected chi connectivity index (χ0v) is 11.9. The lowest BCUT2D eigenvalue weighted by molar-refractivity contribution is 0.0625. The highest BCUT2D eigenvalue weighted by Gasteiger charge is 2.17. The van der Waals surface area contributed by atoms with Gasteiger partial charge in [0, 0.05) is 29.9 Å². The second-order valence-corrected chi connectivity index (χ2v) is 6.27. The molecule has 1 heterocycles. The van der Waals surface area contributed by atoms with E-state index in [-0.39, 0.29) is 0 Å². The van der Waals surface area contributed by atoms with Crippen LogP contribution in [0, 0.1) is 12.8 Å². The van der Waals surface area contributed by atoms with Crippen molar-refractivity contribution in [1.82, 2.24) is 0 Å². The second kappa shape index (κ2) is 7.17. The average Bonchev–Trinajstić information content (AvgIpc) is 2.38. The Balaban J connectivity index is 1.72. The molecule has 2 nitrogen and oxygen atoms in total. The number of thioether (sulfide) groups is 1. The standard InChI is InChI=1S/C15H23NOS/c1-12-3-2-4-15(9-12)18-11-14(16)10-13-5-7-17-8-6-13/h2-4,9,13-14H,5-8,10-11,16H2,1H3. The van der Waals surface area contributed by atoms with Gasteiger partial charge in [0.2, 0.25) is 0 Å². The molecule has 100 valence electrons. The van der Waals surface area contributed by atoms with Crippen LogP contribution in [0.5, 0.6) is 0 Å². The molecule has 18 heavy (non-hydrogen) atoms. The number of aryl methyl sites for hydroxylation is 1. The summed E-state index contributed by atoms with van der Waals surface area (Å²) >= 11 is 1.88. The molecule has 1 aliphatic heterocycles. The van der Waals surface area contributed by atoms with E-state index in [0.29, 0.717) is 6.04 Å². The van der Waals surface area contributed by atoms with E-state index >= 15 is 0 Å². The molecule has 1 saturated heterocycles. The number of hydrogen-bond acceptors (Lipinski definition) is 3. The van der Waals surface area contributed by atoms with Gasteiger partial charge in [-0.15, -0.1) is 11.8 Å². The molecule has 1 fully saturated rings. The lowest BCUT2D eigenvalue weighted by Gasteiger charge is -2.24. The van der Waals surface area contributed by atoms with Crippen LogP contribution in [0.15, 0.2) is 29.2 Å². The first kappa shape index (κ1) is 13.9. The smallest absolute Gasteiger partial charge is 0.0468 e. The van der Waals surface area contributed by atoms with Crippen molar-refractivity contribution in [3.63, 3.8) is 0 Å². The van der Waals surface area contributed by atoms with Crippen LogP contribution < -0.4 is 5.73 Å². The van der Waals surface area contributed by atoms with E-state index in [1.807, 2.05) is 11.8 Å². The largest absolute Gasteiger partial charge is 0.381 e. The zero-order valence-electron chi connectivity index (χ0n) is 11.1. The third-order valence-electron chi connectivity index (χ3n) is 3.43. The zero-order chi connectivity index (χ0) is 12.8. The SMILES string of the molecule is Cc1cccc(SCC(N)CC2CCOCC2)c1. The normalized spacial score (nSPS) is 18.8. The maximum atomic E-state index is 6.23. The van der Waals surface area contributed by atoms with Crippen molar-refractivity contribution < 1.29 is 4.74 Å². The summed E-state index contributed by atoms with van der Waals surface area (Å²) in [5.74, 6) is 1.78. The van der Waals surface area contributed by atoms with Crippen LogP contribution in [0.4, 0.5) is 0 Å². The summed E-state index contributed by atoms with van der Waals surface area (Å²) in [7, 11) is 0. The van der Waals surface area contributed by atoms with E-state index in [1.54, 1.807) is 0 Å². The van der Waals surface area contributed by atoms with Crippen LogP contribution in [0.3, 0.4) is 0 Å². The van der Waals surface area contributed by atoms with Gasteiger partial charge in [0.15, 0.2) is 0 Å². The van der Waals surface area contributed by atoms with Gasteiger partial charge in [0.05, 0.1) is 0 Å². The van der Waals surface area contributed by atoms with Crippen LogP contribution in [0.25, 0.3) is 0 Å². The highest BCUT2D eigenvalue weighted by molar-refractivity contribution is 7.99. The van der Waals surface area contributed by atoms with Crippen molar-refractivity contribution in [1.29, 1.82) is 0 Å². The van der Waals surface area contributed by atoms with Gasteiger partial charge in [-0.05, 0) is 44.2 Å². The fraction of sp³-hybridized carbons (Fsp3) is 0.600. The van der Waals surface area contributed by atoms with E-state index in [0.717, 1.165) is 31.3 Å². The van der Waals surface area contributed by atoms with E-state index in [4.69, 9.17) is 10.5 Å². The Morgan fingerprint density at radius 3 is 2.89 bits per heavy atom. The summed E-state index contributed by atoms with van der Waals surface area (Å²) in [6.07, 6.45) is 3.51. The second-order valence-electron chi connectivity index (χ2n) is 5.18. The van der Waals surface area contributed by atoms with Gasteiger partial charge in [-0.25, -0.2) is 0 Å². The molecule has 3 heteroatoms. The molecule has 0 aromatic heterocycles. The van der Waals surface area contributed by atoms with Crippen molar-refractivity contribution >= 4 is 11.8 Å². The first-order valence-electron chi connectivity index (χ1n) is 6.77. The van der Waals surface area contributed by atoms with E-state index in [9.17, 15) is 0 Å². The summed E-state index contributed by atoms with van der Waals surface area (Å²) in [6.45, 7) is 3.97. The summed E-state index contributed by atoms with van der Waals surface area (Å²) in [6, 6.07) is 8.94. The van der Waals surface area contributed by atoms with Crippen LogP contribution in [-0.4, -0.2) is 25.0 Å². The minimum absolute atomic E-state index is 0.304. The van der Waals surface area contributed by atoms with Gasteiger partial charge < -0.3 is 10.5 Å². The van der Waals surface area contributed by atoms with Crippen molar-refractivity contribution in [2.24, 2.45) is 11.7 Å². The maximum Gasteiger partial charge on any atom is 0.0468 e. The summed E-state index contributed by atoms with van der Waals surface area (Å²) < 4.78 is 5.38. The summed E-state index contributed by atoms with van der Waals surface area (Å²) in [4.78, 5) is 1.33. The lowest BCUT2D eigenvalue weighted by atomic mass is 9.93. The summed E-state index contributed by atoms with van der Waals surface area (Å²) in [5.41, 5.74) is 7.55. The predicted molar refractivity (Wildman–Crippen MR) is 78.0 cm³/mol. The topological polar surface area (TPSA) is 35.2 Å².